The van der Waals surface area contributed by atoms with Gasteiger partial charge in [-0.25, -0.2) is 9.18 Å². The van der Waals surface area contributed by atoms with Gasteiger partial charge in [0.15, 0.2) is 0 Å². The lowest BCUT2D eigenvalue weighted by molar-refractivity contribution is -0.135. The average Bonchev–Trinajstić information content (AvgIpc) is 2.84. The smallest absolute Gasteiger partial charge is 0.325 e. The molecule has 3 rings (SSSR count). The third-order valence-electron chi connectivity index (χ3n) is 5.42. The molecule has 0 radical (unpaired) electrons. The monoisotopic (exact) mass is 364 g/mol. The van der Waals surface area contributed by atoms with Gasteiger partial charge < -0.3 is 15.2 Å². The van der Waals surface area contributed by atoms with Gasteiger partial charge in [0, 0.05) is 5.56 Å². The normalized spacial score (nSPS) is 27.0. The third kappa shape index (κ3) is 3.59. The molecule has 0 unspecified atom stereocenters. The second-order valence-corrected chi connectivity index (χ2v) is 7.22. The van der Waals surface area contributed by atoms with E-state index >= 15 is 0 Å². The van der Waals surface area contributed by atoms with Crippen molar-refractivity contribution in [3.8, 4) is 0 Å². The highest BCUT2D eigenvalue weighted by atomic mass is 19.1. The number of hydrogen-bond acceptors (Lipinski definition) is 4. The van der Waals surface area contributed by atoms with Gasteiger partial charge in [-0.15, -0.1) is 0 Å². The first-order valence-electron chi connectivity index (χ1n) is 9.07. The molecule has 2 aliphatic rings. The first-order chi connectivity index (χ1) is 12.4. The number of nitrogens with one attached hydrogen (secondary N) is 1. The number of ether oxygens (including phenoxy) is 1. The maximum Gasteiger partial charge on any atom is 0.325 e. The standard InChI is InChI=1S/C19H25FN2O4/c1-13-6-4-5-9-19(13)17(24)22(18(25)21-19)10-15(23)12-26-11-14-7-2-3-8-16(14)20/h2-3,7-8,13,15,23H,4-6,9-12H2,1H3,(H,21,25)/t13-,15+,19+/m1/s1. The van der Waals surface area contributed by atoms with E-state index < -0.39 is 17.7 Å². The van der Waals surface area contributed by atoms with E-state index in [0.717, 1.165) is 24.2 Å². The molecular weight excluding hydrogens is 339 g/mol. The molecule has 1 saturated carbocycles. The first kappa shape index (κ1) is 18.8. The summed E-state index contributed by atoms with van der Waals surface area (Å²) in [5.41, 5.74) is -0.437. The molecule has 1 heterocycles. The zero-order chi connectivity index (χ0) is 18.7. The number of amides is 3. The molecule has 3 amide bonds. The molecule has 0 aromatic heterocycles. The van der Waals surface area contributed by atoms with E-state index in [4.69, 9.17) is 4.74 Å². The fourth-order valence-electron chi connectivity index (χ4n) is 3.85. The van der Waals surface area contributed by atoms with E-state index in [1.807, 2.05) is 6.92 Å². The highest BCUT2D eigenvalue weighted by molar-refractivity contribution is 6.07. The number of aliphatic hydroxyl groups excluding tert-OH is 1. The molecule has 1 aromatic rings. The minimum absolute atomic E-state index is 0.0187. The molecule has 2 N–H and O–H groups in total. The van der Waals surface area contributed by atoms with E-state index in [0.29, 0.717) is 12.0 Å². The SMILES string of the molecule is C[C@@H]1CCCC[C@]12NC(=O)N(C[C@H](O)COCc1ccccc1F)C2=O. The number of urea groups is 1. The van der Waals surface area contributed by atoms with Crippen LogP contribution in [0.4, 0.5) is 9.18 Å². The lowest BCUT2D eigenvalue weighted by Crippen LogP contribution is -2.54. The zero-order valence-corrected chi connectivity index (χ0v) is 14.9. The minimum Gasteiger partial charge on any atom is -0.389 e. The Hall–Kier alpha value is -1.99. The van der Waals surface area contributed by atoms with Crippen molar-refractivity contribution in [2.45, 2.75) is 50.9 Å². The quantitative estimate of drug-likeness (QED) is 0.759. The van der Waals surface area contributed by atoms with Gasteiger partial charge in [0.25, 0.3) is 5.91 Å². The van der Waals surface area contributed by atoms with Crippen molar-refractivity contribution in [3.05, 3.63) is 35.6 Å². The van der Waals surface area contributed by atoms with Gasteiger partial charge in [0.05, 0.1) is 25.9 Å². The van der Waals surface area contributed by atoms with Gasteiger partial charge in [0.1, 0.15) is 11.4 Å². The summed E-state index contributed by atoms with van der Waals surface area (Å²) in [7, 11) is 0. The van der Waals surface area contributed by atoms with Crippen LogP contribution in [0.2, 0.25) is 0 Å². The van der Waals surface area contributed by atoms with Crippen molar-refractivity contribution in [2.24, 2.45) is 5.92 Å². The van der Waals surface area contributed by atoms with Crippen molar-refractivity contribution < 1.29 is 23.8 Å². The summed E-state index contributed by atoms with van der Waals surface area (Å²) in [6.45, 7) is 1.78. The van der Waals surface area contributed by atoms with Crippen LogP contribution in [-0.4, -0.2) is 46.7 Å². The van der Waals surface area contributed by atoms with Crippen LogP contribution in [0.15, 0.2) is 24.3 Å². The Balaban J connectivity index is 1.54. The third-order valence-corrected chi connectivity index (χ3v) is 5.42. The number of halogens is 1. The van der Waals surface area contributed by atoms with E-state index in [1.54, 1.807) is 18.2 Å². The van der Waals surface area contributed by atoms with Gasteiger partial charge in [-0.05, 0) is 24.8 Å². The maximum atomic E-state index is 13.5. The highest BCUT2D eigenvalue weighted by Crippen LogP contribution is 2.38. The van der Waals surface area contributed by atoms with Crippen LogP contribution in [0.3, 0.4) is 0 Å². The fourth-order valence-corrected chi connectivity index (χ4v) is 3.85. The van der Waals surface area contributed by atoms with Crippen LogP contribution in [0.5, 0.6) is 0 Å². The Morgan fingerprint density at radius 2 is 2.15 bits per heavy atom. The summed E-state index contributed by atoms with van der Waals surface area (Å²) in [6, 6.07) is 5.78. The van der Waals surface area contributed by atoms with Crippen LogP contribution in [-0.2, 0) is 16.1 Å². The molecule has 1 aliphatic carbocycles. The lowest BCUT2D eigenvalue weighted by atomic mass is 9.73. The highest BCUT2D eigenvalue weighted by Gasteiger charge is 2.54. The number of rotatable bonds is 6. The predicted molar refractivity (Wildman–Crippen MR) is 92.7 cm³/mol. The van der Waals surface area contributed by atoms with Crippen LogP contribution in [0.1, 0.15) is 38.2 Å². The molecule has 1 saturated heterocycles. The summed E-state index contributed by atoms with van der Waals surface area (Å²) < 4.78 is 18.9. The minimum atomic E-state index is -1.02. The molecule has 1 aromatic carbocycles. The summed E-state index contributed by atoms with van der Waals surface area (Å²) >= 11 is 0. The van der Waals surface area contributed by atoms with Crippen molar-refractivity contribution >= 4 is 11.9 Å². The summed E-state index contributed by atoms with van der Waals surface area (Å²) in [5, 5.41) is 13.0. The molecule has 2 fully saturated rings. The molecule has 1 spiro atoms. The van der Waals surface area contributed by atoms with E-state index in [1.165, 1.54) is 6.07 Å². The topological polar surface area (TPSA) is 78.9 Å². The molecule has 7 heteroatoms. The lowest BCUT2D eigenvalue weighted by Gasteiger charge is -2.36. The Morgan fingerprint density at radius 3 is 2.88 bits per heavy atom. The Bertz CT molecular complexity index is 683. The molecule has 3 atom stereocenters. The van der Waals surface area contributed by atoms with Gasteiger partial charge in [-0.2, -0.15) is 0 Å². The number of carbonyl (C=O) groups excluding carboxylic acids is 2. The Kier molecular flexibility index (Phi) is 5.58. The van der Waals surface area contributed by atoms with E-state index in [2.05, 4.69) is 5.32 Å². The van der Waals surface area contributed by atoms with E-state index in [9.17, 15) is 19.1 Å². The number of imide groups is 1. The zero-order valence-electron chi connectivity index (χ0n) is 14.9. The van der Waals surface area contributed by atoms with Crippen LogP contribution >= 0.6 is 0 Å². The second kappa shape index (κ2) is 7.72. The summed E-state index contributed by atoms with van der Waals surface area (Å²) in [6.07, 6.45) is 2.46. The number of β-amino-alcohol motifs (C(OH)–C–C–N with tert-alkyl or cyclic N) is 1. The van der Waals surface area contributed by atoms with E-state index in [-0.39, 0.29) is 37.4 Å². The van der Waals surface area contributed by atoms with Crippen molar-refractivity contribution in [1.29, 1.82) is 0 Å². The van der Waals surface area contributed by atoms with Gasteiger partial charge in [-0.3, -0.25) is 9.69 Å². The number of nitrogens with zero attached hydrogens (tertiary/aromatic N) is 1. The largest absolute Gasteiger partial charge is 0.389 e. The maximum absolute atomic E-state index is 13.5. The second-order valence-electron chi connectivity index (χ2n) is 7.22. The molecule has 142 valence electrons. The van der Waals surface area contributed by atoms with Gasteiger partial charge in [0.2, 0.25) is 0 Å². The number of carbonyl (C=O) groups is 2. The summed E-state index contributed by atoms with van der Waals surface area (Å²) in [4.78, 5) is 26.2. The first-order valence-corrected chi connectivity index (χ1v) is 9.07. The molecule has 1 aliphatic heterocycles. The predicted octanol–water partition coefficient (Wildman–Crippen LogP) is 2.20. The summed E-state index contributed by atoms with van der Waals surface area (Å²) in [5.74, 6) is -0.556. The van der Waals surface area contributed by atoms with Crippen LogP contribution in [0.25, 0.3) is 0 Å². The molecule has 0 bridgehead atoms. The van der Waals surface area contributed by atoms with Gasteiger partial charge >= 0.3 is 6.03 Å². The fraction of sp³-hybridized carbons (Fsp3) is 0.579. The Labute approximate surface area is 152 Å². The molecular formula is C19H25FN2O4. The molecule has 26 heavy (non-hydrogen) atoms. The van der Waals surface area contributed by atoms with Crippen LogP contribution < -0.4 is 5.32 Å². The number of aliphatic hydroxyl groups is 1. The van der Waals surface area contributed by atoms with Crippen LogP contribution in [0, 0.1) is 11.7 Å². The van der Waals surface area contributed by atoms with Crippen molar-refractivity contribution in [3.63, 3.8) is 0 Å². The Morgan fingerprint density at radius 1 is 1.38 bits per heavy atom. The van der Waals surface area contributed by atoms with Gasteiger partial charge in [-0.1, -0.05) is 38.0 Å². The number of hydrogen-bond donors (Lipinski definition) is 2. The van der Waals surface area contributed by atoms with Crippen molar-refractivity contribution in [1.82, 2.24) is 10.2 Å². The van der Waals surface area contributed by atoms with Crippen molar-refractivity contribution in [2.75, 3.05) is 13.2 Å². The number of benzene rings is 1. The average molecular weight is 364 g/mol. The molecule has 6 nitrogen and oxygen atoms in total.